The van der Waals surface area contributed by atoms with Gasteiger partial charge in [0.05, 0.1) is 0 Å². The molecule has 0 radical (unpaired) electrons. The number of halogens is 1. The van der Waals surface area contributed by atoms with Gasteiger partial charge in [-0.25, -0.2) is 0 Å². The summed E-state index contributed by atoms with van der Waals surface area (Å²) in [6.07, 6.45) is 3.14. The minimum absolute atomic E-state index is 0.698. The summed E-state index contributed by atoms with van der Waals surface area (Å²) >= 11 is 5.63. The summed E-state index contributed by atoms with van der Waals surface area (Å²) in [4.78, 5) is 0. The molecule has 1 aromatic carbocycles. The van der Waals surface area contributed by atoms with E-state index in [9.17, 15) is 0 Å². The highest BCUT2D eigenvalue weighted by Gasteiger charge is 1.97. The highest BCUT2D eigenvalue weighted by molar-refractivity contribution is 6.17. The molecule has 0 aliphatic rings. The largest absolute Gasteiger partial charge is 0.126 e. The van der Waals surface area contributed by atoms with Crippen LogP contribution in [0.2, 0.25) is 0 Å². The molecule has 0 saturated heterocycles. The van der Waals surface area contributed by atoms with Gasteiger partial charge in [0.15, 0.2) is 0 Å². The van der Waals surface area contributed by atoms with Crippen LogP contribution < -0.4 is 0 Å². The Labute approximate surface area is 85.2 Å². The predicted molar refractivity (Wildman–Crippen MR) is 60.2 cm³/mol. The summed E-state index contributed by atoms with van der Waals surface area (Å²) in [5.41, 5.74) is 3.97. The molecule has 0 nitrogen and oxygen atoms in total. The normalized spacial score (nSPS) is 11.8. The van der Waals surface area contributed by atoms with Crippen LogP contribution in [-0.2, 0) is 0 Å². The summed E-state index contributed by atoms with van der Waals surface area (Å²) in [5.74, 6) is 0.698. The number of rotatable bonds is 3. The lowest BCUT2D eigenvalue weighted by Crippen LogP contribution is -1.84. The fourth-order valence-corrected chi connectivity index (χ4v) is 1.51. The maximum atomic E-state index is 5.63. The van der Waals surface area contributed by atoms with E-state index in [1.165, 1.54) is 16.7 Å². The van der Waals surface area contributed by atoms with E-state index in [0.29, 0.717) is 5.88 Å². The number of alkyl halides is 1. The molecule has 13 heavy (non-hydrogen) atoms. The van der Waals surface area contributed by atoms with Crippen molar-refractivity contribution in [3.63, 3.8) is 0 Å². The molecule has 1 aromatic rings. The van der Waals surface area contributed by atoms with E-state index in [1.54, 1.807) is 0 Å². The Balaban J connectivity index is 2.88. The Morgan fingerprint density at radius 2 is 2.08 bits per heavy atom. The van der Waals surface area contributed by atoms with Gasteiger partial charge >= 0.3 is 0 Å². The second-order valence-electron chi connectivity index (χ2n) is 3.18. The highest BCUT2D eigenvalue weighted by Crippen LogP contribution is 2.18. The molecule has 0 heterocycles. The van der Waals surface area contributed by atoms with Crippen LogP contribution in [0.25, 0.3) is 5.57 Å². The third-order valence-corrected chi connectivity index (χ3v) is 2.35. The fourth-order valence-electron chi connectivity index (χ4n) is 1.40. The molecular formula is C12H15Cl. The van der Waals surface area contributed by atoms with Crippen LogP contribution in [0.3, 0.4) is 0 Å². The molecule has 0 aliphatic carbocycles. The molecule has 0 aromatic heterocycles. The molecule has 0 fully saturated rings. The first-order chi connectivity index (χ1) is 6.25. The van der Waals surface area contributed by atoms with E-state index in [4.69, 9.17) is 11.6 Å². The molecule has 0 spiro atoms. The summed E-state index contributed by atoms with van der Waals surface area (Å²) in [6.45, 7) is 4.27. The van der Waals surface area contributed by atoms with Crippen molar-refractivity contribution in [3.05, 3.63) is 41.5 Å². The van der Waals surface area contributed by atoms with E-state index in [0.717, 1.165) is 6.42 Å². The van der Waals surface area contributed by atoms with Crippen LogP contribution in [-0.4, -0.2) is 5.88 Å². The SMILES string of the molecule is C/C(=C/CCCl)c1ccccc1C. The molecule has 0 aliphatic heterocycles. The molecular weight excluding hydrogens is 180 g/mol. The Bertz CT molecular complexity index is 300. The van der Waals surface area contributed by atoms with Crippen molar-refractivity contribution in [2.24, 2.45) is 0 Å². The Kier molecular flexibility index (Phi) is 4.04. The van der Waals surface area contributed by atoms with Crippen molar-refractivity contribution in [2.75, 3.05) is 5.88 Å². The molecule has 1 rings (SSSR count). The molecule has 0 N–H and O–H groups in total. The predicted octanol–water partition coefficient (Wildman–Crippen LogP) is 4.03. The van der Waals surface area contributed by atoms with Gasteiger partial charge in [0, 0.05) is 5.88 Å². The van der Waals surface area contributed by atoms with Crippen molar-refractivity contribution in [2.45, 2.75) is 20.3 Å². The Hall–Kier alpha value is -0.750. The van der Waals surface area contributed by atoms with Crippen molar-refractivity contribution >= 4 is 17.2 Å². The van der Waals surface area contributed by atoms with Gasteiger partial charge < -0.3 is 0 Å². The van der Waals surface area contributed by atoms with Crippen LogP contribution in [0.4, 0.5) is 0 Å². The first-order valence-corrected chi connectivity index (χ1v) is 5.08. The summed E-state index contributed by atoms with van der Waals surface area (Å²) < 4.78 is 0. The number of allylic oxidation sites excluding steroid dienone is 2. The molecule has 0 saturated carbocycles. The van der Waals surface area contributed by atoms with E-state index in [1.807, 2.05) is 0 Å². The monoisotopic (exact) mass is 194 g/mol. The summed E-state index contributed by atoms with van der Waals surface area (Å²) in [6, 6.07) is 8.41. The zero-order valence-electron chi connectivity index (χ0n) is 8.18. The van der Waals surface area contributed by atoms with Crippen LogP contribution in [0.5, 0.6) is 0 Å². The molecule has 70 valence electrons. The van der Waals surface area contributed by atoms with Crippen molar-refractivity contribution < 1.29 is 0 Å². The molecule has 1 heteroatoms. The van der Waals surface area contributed by atoms with Crippen LogP contribution in [0, 0.1) is 6.92 Å². The standard InChI is InChI=1S/C12H15Cl/c1-10-6-3-4-8-12(10)11(2)7-5-9-13/h3-4,6-8H,5,9H2,1-2H3/b11-7-. The van der Waals surface area contributed by atoms with Crippen LogP contribution in [0.15, 0.2) is 30.3 Å². The highest BCUT2D eigenvalue weighted by atomic mass is 35.5. The van der Waals surface area contributed by atoms with Gasteiger partial charge in [-0.15, -0.1) is 11.6 Å². The zero-order valence-corrected chi connectivity index (χ0v) is 8.93. The second kappa shape index (κ2) is 5.08. The molecule has 0 bridgehead atoms. The van der Waals surface area contributed by atoms with E-state index >= 15 is 0 Å². The first kappa shape index (κ1) is 10.3. The van der Waals surface area contributed by atoms with Crippen molar-refractivity contribution in [1.29, 1.82) is 0 Å². The lowest BCUT2D eigenvalue weighted by molar-refractivity contribution is 1.23. The van der Waals surface area contributed by atoms with Crippen molar-refractivity contribution in [1.82, 2.24) is 0 Å². The average molecular weight is 195 g/mol. The van der Waals surface area contributed by atoms with Crippen molar-refractivity contribution in [3.8, 4) is 0 Å². The Morgan fingerprint density at radius 1 is 1.38 bits per heavy atom. The average Bonchev–Trinajstić information content (AvgIpc) is 2.15. The minimum Gasteiger partial charge on any atom is -0.126 e. The second-order valence-corrected chi connectivity index (χ2v) is 3.56. The van der Waals surface area contributed by atoms with Gasteiger partial charge in [-0.1, -0.05) is 30.3 Å². The third-order valence-electron chi connectivity index (χ3n) is 2.13. The molecule has 0 unspecified atom stereocenters. The van der Waals surface area contributed by atoms with Gasteiger partial charge in [-0.3, -0.25) is 0 Å². The fraction of sp³-hybridized carbons (Fsp3) is 0.333. The number of aryl methyl sites for hydroxylation is 1. The quantitative estimate of drug-likeness (QED) is 0.638. The minimum atomic E-state index is 0.698. The molecule has 0 amide bonds. The van der Waals surface area contributed by atoms with E-state index < -0.39 is 0 Å². The first-order valence-electron chi connectivity index (χ1n) is 4.54. The number of benzene rings is 1. The topological polar surface area (TPSA) is 0 Å². The summed E-state index contributed by atoms with van der Waals surface area (Å²) in [7, 11) is 0. The van der Waals surface area contributed by atoms with Crippen LogP contribution >= 0.6 is 11.6 Å². The lowest BCUT2D eigenvalue weighted by atomic mass is 10.0. The lowest BCUT2D eigenvalue weighted by Gasteiger charge is -2.04. The van der Waals surface area contributed by atoms with E-state index in [2.05, 4.69) is 44.2 Å². The maximum Gasteiger partial charge on any atom is 0.0258 e. The summed E-state index contributed by atoms with van der Waals surface area (Å²) in [5, 5.41) is 0. The smallest absolute Gasteiger partial charge is 0.0258 e. The number of hydrogen-bond acceptors (Lipinski definition) is 0. The molecule has 0 atom stereocenters. The number of hydrogen-bond donors (Lipinski definition) is 0. The van der Waals surface area contributed by atoms with Crippen LogP contribution in [0.1, 0.15) is 24.5 Å². The third kappa shape index (κ3) is 2.89. The zero-order chi connectivity index (χ0) is 9.68. The van der Waals surface area contributed by atoms with Gasteiger partial charge in [0.25, 0.3) is 0 Å². The van der Waals surface area contributed by atoms with E-state index in [-0.39, 0.29) is 0 Å². The maximum absolute atomic E-state index is 5.63. The Morgan fingerprint density at radius 3 is 2.69 bits per heavy atom. The van der Waals surface area contributed by atoms with Gasteiger partial charge in [0.2, 0.25) is 0 Å². The van der Waals surface area contributed by atoms with Gasteiger partial charge in [0.1, 0.15) is 0 Å². The van der Waals surface area contributed by atoms with Gasteiger partial charge in [-0.05, 0) is 37.0 Å². The van der Waals surface area contributed by atoms with Gasteiger partial charge in [-0.2, -0.15) is 0 Å².